The molecule has 0 aromatic heterocycles. The zero-order valence-electron chi connectivity index (χ0n) is 10.9. The van der Waals surface area contributed by atoms with Gasteiger partial charge in [-0.25, -0.2) is 4.79 Å². The van der Waals surface area contributed by atoms with E-state index in [0.717, 1.165) is 12.8 Å². The quantitative estimate of drug-likeness (QED) is 0.730. The van der Waals surface area contributed by atoms with Gasteiger partial charge in [0.15, 0.2) is 0 Å². The number of urea groups is 1. The lowest BCUT2D eigenvalue weighted by Crippen LogP contribution is -2.44. The first kappa shape index (κ1) is 13.8. The molecule has 1 fully saturated rings. The summed E-state index contributed by atoms with van der Waals surface area (Å²) in [5, 5.41) is 2.45. The van der Waals surface area contributed by atoms with Crippen molar-refractivity contribution in [2.75, 3.05) is 6.54 Å². The van der Waals surface area contributed by atoms with Crippen LogP contribution >= 0.6 is 0 Å². The number of hydrogen-bond donors (Lipinski definition) is 2. The van der Waals surface area contributed by atoms with E-state index in [1.54, 1.807) is 0 Å². The van der Waals surface area contributed by atoms with Crippen LogP contribution < -0.4 is 11.1 Å². The number of rotatable bonds is 6. The molecule has 1 saturated carbocycles. The molecule has 3 N–H and O–H groups in total. The van der Waals surface area contributed by atoms with Gasteiger partial charge in [-0.3, -0.25) is 4.79 Å². The van der Waals surface area contributed by atoms with Crippen molar-refractivity contribution < 1.29 is 9.59 Å². The van der Waals surface area contributed by atoms with Gasteiger partial charge in [0.05, 0.1) is 0 Å². The van der Waals surface area contributed by atoms with Gasteiger partial charge < -0.3 is 16.0 Å². The maximum absolute atomic E-state index is 12.1. The summed E-state index contributed by atoms with van der Waals surface area (Å²) >= 11 is 0. The topological polar surface area (TPSA) is 75.4 Å². The maximum Gasteiger partial charge on any atom is 0.312 e. The summed E-state index contributed by atoms with van der Waals surface area (Å²) in [7, 11) is 0. The third-order valence-corrected chi connectivity index (χ3v) is 3.27. The summed E-state index contributed by atoms with van der Waals surface area (Å²) in [6, 6.07) is 0.0877. The zero-order valence-corrected chi connectivity index (χ0v) is 10.9. The lowest BCUT2D eigenvalue weighted by Gasteiger charge is -2.32. The second kappa shape index (κ2) is 5.89. The Balaban J connectivity index is 2.46. The van der Waals surface area contributed by atoms with Crippen LogP contribution in [-0.4, -0.2) is 35.5 Å². The number of nitrogens with zero attached hydrogens (tertiary/aromatic N) is 1. The standard InChI is InChI=1S/C12H23N3O2/c1-8(2)9(3)15(10-4-5-10)11(16)6-7-14-12(13)17/h8-10H,4-7H2,1-3H3,(H3,13,14,17)/t9-/m0/s1. The lowest BCUT2D eigenvalue weighted by atomic mass is 10.0. The molecule has 0 spiro atoms. The van der Waals surface area contributed by atoms with Crippen LogP contribution in [0.5, 0.6) is 0 Å². The summed E-state index contributed by atoms with van der Waals surface area (Å²) < 4.78 is 0. The highest BCUT2D eigenvalue weighted by Gasteiger charge is 2.36. The van der Waals surface area contributed by atoms with Crippen molar-refractivity contribution in [1.82, 2.24) is 10.2 Å². The van der Waals surface area contributed by atoms with Crippen LogP contribution in [-0.2, 0) is 4.79 Å². The third kappa shape index (κ3) is 4.24. The Morgan fingerprint density at radius 1 is 1.35 bits per heavy atom. The van der Waals surface area contributed by atoms with E-state index in [1.165, 1.54) is 0 Å². The fourth-order valence-corrected chi connectivity index (χ4v) is 1.86. The van der Waals surface area contributed by atoms with Gasteiger partial charge in [0.1, 0.15) is 0 Å². The molecule has 0 bridgehead atoms. The highest BCUT2D eigenvalue weighted by Crippen LogP contribution is 2.31. The van der Waals surface area contributed by atoms with E-state index in [1.807, 2.05) is 4.90 Å². The van der Waals surface area contributed by atoms with E-state index in [0.29, 0.717) is 24.9 Å². The third-order valence-electron chi connectivity index (χ3n) is 3.27. The number of nitrogens with one attached hydrogen (secondary N) is 1. The average Bonchev–Trinajstić information content (AvgIpc) is 3.01. The highest BCUT2D eigenvalue weighted by molar-refractivity contribution is 5.78. The SMILES string of the molecule is CC(C)[C@H](C)N(C(=O)CCNC(N)=O)C1CC1. The molecule has 0 radical (unpaired) electrons. The van der Waals surface area contributed by atoms with E-state index in [-0.39, 0.29) is 11.9 Å². The number of carbonyl (C=O) groups is 2. The van der Waals surface area contributed by atoms with Gasteiger partial charge in [-0.1, -0.05) is 13.8 Å². The molecular formula is C12H23N3O2. The molecule has 1 rings (SSSR count). The van der Waals surface area contributed by atoms with Crippen molar-refractivity contribution in [1.29, 1.82) is 0 Å². The molecule has 0 heterocycles. The van der Waals surface area contributed by atoms with E-state index in [4.69, 9.17) is 5.73 Å². The predicted molar refractivity (Wildman–Crippen MR) is 66.4 cm³/mol. The van der Waals surface area contributed by atoms with Gasteiger partial charge in [0, 0.05) is 25.0 Å². The second-order valence-electron chi connectivity index (χ2n) is 5.06. The second-order valence-corrected chi connectivity index (χ2v) is 5.06. The lowest BCUT2D eigenvalue weighted by molar-refractivity contribution is -0.134. The first-order valence-electron chi connectivity index (χ1n) is 6.28. The number of nitrogens with two attached hydrogens (primary N) is 1. The average molecular weight is 241 g/mol. The summed E-state index contributed by atoms with van der Waals surface area (Å²) in [4.78, 5) is 24.6. The van der Waals surface area contributed by atoms with Gasteiger partial charge >= 0.3 is 6.03 Å². The Morgan fingerprint density at radius 2 is 1.94 bits per heavy atom. The minimum Gasteiger partial charge on any atom is -0.352 e. The van der Waals surface area contributed by atoms with Crippen molar-refractivity contribution >= 4 is 11.9 Å². The largest absolute Gasteiger partial charge is 0.352 e. The van der Waals surface area contributed by atoms with Gasteiger partial charge in [-0.05, 0) is 25.7 Å². The molecule has 0 unspecified atom stereocenters. The van der Waals surface area contributed by atoms with Gasteiger partial charge in [0.25, 0.3) is 0 Å². The van der Waals surface area contributed by atoms with Gasteiger partial charge in [-0.15, -0.1) is 0 Å². The van der Waals surface area contributed by atoms with Crippen molar-refractivity contribution in [2.24, 2.45) is 11.7 Å². The molecule has 0 saturated heterocycles. The molecule has 1 aliphatic carbocycles. The Bertz CT molecular complexity index is 287. The number of amides is 3. The van der Waals surface area contributed by atoms with Crippen LogP contribution in [0.2, 0.25) is 0 Å². The summed E-state index contributed by atoms with van der Waals surface area (Å²) in [6.07, 6.45) is 2.54. The molecule has 5 heteroatoms. The molecule has 5 nitrogen and oxygen atoms in total. The minimum absolute atomic E-state index is 0.113. The van der Waals surface area contributed by atoms with Crippen LogP contribution in [0.3, 0.4) is 0 Å². The first-order chi connectivity index (χ1) is 7.93. The molecule has 1 atom stereocenters. The van der Waals surface area contributed by atoms with Crippen LogP contribution in [0.25, 0.3) is 0 Å². The number of carbonyl (C=O) groups excluding carboxylic acids is 2. The Hall–Kier alpha value is -1.26. The van der Waals surface area contributed by atoms with E-state index >= 15 is 0 Å². The molecule has 0 aliphatic heterocycles. The fraction of sp³-hybridized carbons (Fsp3) is 0.833. The Kier molecular flexibility index (Phi) is 4.78. The maximum atomic E-state index is 12.1. The van der Waals surface area contributed by atoms with Crippen molar-refractivity contribution in [3.63, 3.8) is 0 Å². The molecule has 3 amide bonds. The number of hydrogen-bond acceptors (Lipinski definition) is 2. The summed E-state index contributed by atoms with van der Waals surface area (Å²) in [6.45, 7) is 6.65. The highest BCUT2D eigenvalue weighted by atomic mass is 16.2. The Labute approximate surface area is 103 Å². The normalized spacial score (nSPS) is 16.7. The molecule has 1 aliphatic rings. The molecule has 0 aromatic carbocycles. The first-order valence-corrected chi connectivity index (χ1v) is 6.28. The molecular weight excluding hydrogens is 218 g/mol. The fourth-order valence-electron chi connectivity index (χ4n) is 1.86. The summed E-state index contributed by atoms with van der Waals surface area (Å²) in [5.74, 6) is 0.561. The van der Waals surface area contributed by atoms with Crippen molar-refractivity contribution in [3.8, 4) is 0 Å². The van der Waals surface area contributed by atoms with Crippen LogP contribution in [0.15, 0.2) is 0 Å². The van der Waals surface area contributed by atoms with Crippen LogP contribution in [0.4, 0.5) is 4.79 Å². The van der Waals surface area contributed by atoms with Crippen LogP contribution in [0.1, 0.15) is 40.0 Å². The van der Waals surface area contributed by atoms with E-state index in [2.05, 4.69) is 26.1 Å². The molecule has 17 heavy (non-hydrogen) atoms. The Morgan fingerprint density at radius 3 is 2.35 bits per heavy atom. The van der Waals surface area contributed by atoms with E-state index < -0.39 is 6.03 Å². The minimum atomic E-state index is -0.576. The van der Waals surface area contributed by atoms with E-state index in [9.17, 15) is 9.59 Å². The molecule has 0 aromatic rings. The smallest absolute Gasteiger partial charge is 0.312 e. The van der Waals surface area contributed by atoms with Gasteiger partial charge in [-0.2, -0.15) is 0 Å². The van der Waals surface area contributed by atoms with Crippen molar-refractivity contribution in [3.05, 3.63) is 0 Å². The van der Waals surface area contributed by atoms with Crippen molar-refractivity contribution in [2.45, 2.75) is 52.1 Å². The summed E-state index contributed by atoms with van der Waals surface area (Å²) in [5.41, 5.74) is 4.96. The predicted octanol–water partition coefficient (Wildman–Crippen LogP) is 1.08. The van der Waals surface area contributed by atoms with Gasteiger partial charge in [0.2, 0.25) is 5.91 Å². The molecule has 98 valence electrons. The zero-order chi connectivity index (χ0) is 13.0. The van der Waals surface area contributed by atoms with Crippen LogP contribution in [0, 0.1) is 5.92 Å². The number of primary amides is 1. The monoisotopic (exact) mass is 241 g/mol.